The Balaban J connectivity index is 2.21. The van der Waals surface area contributed by atoms with Crippen LogP contribution in [0.4, 0.5) is 11.4 Å². The second kappa shape index (κ2) is 5.74. The summed E-state index contributed by atoms with van der Waals surface area (Å²) in [4.78, 5) is 10.4. The Kier molecular flexibility index (Phi) is 4.25. The Labute approximate surface area is 117 Å². The van der Waals surface area contributed by atoms with Gasteiger partial charge in [-0.2, -0.15) is 0 Å². The lowest BCUT2D eigenvalue weighted by Crippen LogP contribution is -2.43. The Morgan fingerprint density at radius 1 is 1.32 bits per heavy atom. The number of aliphatic carboxylic acids is 1. The van der Waals surface area contributed by atoms with Crippen LogP contribution in [0.1, 0.15) is 5.56 Å². The summed E-state index contributed by atoms with van der Waals surface area (Å²) in [6.45, 7) is -0.328. The number of hydrogen-bond acceptors (Lipinski definition) is 6. The summed E-state index contributed by atoms with van der Waals surface area (Å²) in [5.74, 6) is -1.05. The van der Waals surface area contributed by atoms with E-state index in [1.807, 2.05) is 0 Å². The first kappa shape index (κ1) is 14.1. The van der Waals surface area contributed by atoms with Gasteiger partial charge in [-0.1, -0.05) is 15.9 Å². The molecule has 1 aromatic carbocycles. The molecule has 1 aromatic rings. The molecule has 104 valence electrons. The highest BCUT2D eigenvalue weighted by Crippen LogP contribution is 2.34. The fourth-order valence-corrected chi connectivity index (χ4v) is 2.28. The van der Waals surface area contributed by atoms with Crippen LogP contribution in [0.15, 0.2) is 16.6 Å². The maximum atomic E-state index is 10.4. The molecular formula is C11H13BrN2O5. The van der Waals surface area contributed by atoms with Crippen LogP contribution in [-0.4, -0.2) is 40.4 Å². The maximum Gasteiger partial charge on any atom is 0.329 e. The van der Waals surface area contributed by atoms with Crippen molar-refractivity contribution in [1.29, 1.82) is 0 Å². The molecule has 0 bridgehead atoms. The average molecular weight is 333 g/mol. The highest BCUT2D eigenvalue weighted by Gasteiger charge is 2.25. The number of aliphatic hydroxyl groups is 2. The molecule has 0 saturated carbocycles. The Bertz CT molecular complexity index is 496. The van der Waals surface area contributed by atoms with Gasteiger partial charge in [0.25, 0.3) is 0 Å². The van der Waals surface area contributed by atoms with Gasteiger partial charge in [0, 0.05) is 10.0 Å². The molecule has 2 rings (SSSR count). The Morgan fingerprint density at radius 2 is 2.00 bits per heavy atom. The smallest absolute Gasteiger partial charge is 0.329 e. The lowest BCUT2D eigenvalue weighted by atomic mass is 10.1. The fraction of sp³-hybridized carbons (Fsp3) is 0.364. The monoisotopic (exact) mass is 332 g/mol. The lowest BCUT2D eigenvalue weighted by molar-refractivity contribution is -0.142. The number of carboxylic acid groups (broad SMARTS) is 1. The van der Waals surface area contributed by atoms with Gasteiger partial charge < -0.3 is 30.7 Å². The number of benzene rings is 1. The van der Waals surface area contributed by atoms with Crippen LogP contribution < -0.4 is 10.6 Å². The van der Waals surface area contributed by atoms with Gasteiger partial charge in [-0.15, -0.1) is 0 Å². The standard InChI is InChI=1S/C11H13BrN2O5/c12-6-1-5(3-19-4-8(15)16)9-7(2-6)13-10(17)11(18)14-9/h1-2,10-11,13-14,17-18H,3-4H2,(H,15,16). The molecule has 8 heteroatoms. The van der Waals surface area contributed by atoms with Crippen molar-refractivity contribution < 1.29 is 24.9 Å². The van der Waals surface area contributed by atoms with Gasteiger partial charge in [-0.05, 0) is 12.1 Å². The summed E-state index contributed by atoms with van der Waals surface area (Å²) >= 11 is 3.31. The van der Waals surface area contributed by atoms with Crippen LogP contribution in [0, 0.1) is 0 Å². The van der Waals surface area contributed by atoms with E-state index in [9.17, 15) is 15.0 Å². The van der Waals surface area contributed by atoms with Crippen molar-refractivity contribution in [2.45, 2.75) is 19.1 Å². The largest absolute Gasteiger partial charge is 0.480 e. The third-order valence-corrected chi connectivity index (χ3v) is 3.02. The second-order valence-corrected chi connectivity index (χ2v) is 4.97. The molecule has 19 heavy (non-hydrogen) atoms. The summed E-state index contributed by atoms with van der Waals surface area (Å²) < 4.78 is 5.78. The molecule has 0 radical (unpaired) electrons. The summed E-state index contributed by atoms with van der Waals surface area (Å²) in [5, 5.41) is 33.1. The minimum absolute atomic E-state index is 0.0750. The molecule has 0 saturated heterocycles. The van der Waals surface area contributed by atoms with E-state index in [4.69, 9.17) is 9.84 Å². The van der Waals surface area contributed by atoms with Crippen LogP contribution in [0.2, 0.25) is 0 Å². The molecule has 7 nitrogen and oxygen atoms in total. The van der Waals surface area contributed by atoms with E-state index in [0.29, 0.717) is 16.9 Å². The number of fused-ring (bicyclic) bond motifs is 1. The molecule has 2 atom stereocenters. The summed E-state index contributed by atoms with van der Waals surface area (Å²) in [5.41, 5.74) is 1.84. The van der Waals surface area contributed by atoms with Gasteiger partial charge >= 0.3 is 5.97 Å². The van der Waals surface area contributed by atoms with Crippen LogP contribution in [-0.2, 0) is 16.1 Å². The number of aliphatic hydroxyl groups excluding tert-OH is 2. The molecular weight excluding hydrogens is 320 g/mol. The van der Waals surface area contributed by atoms with Crippen molar-refractivity contribution in [3.05, 3.63) is 22.2 Å². The minimum Gasteiger partial charge on any atom is -0.480 e. The second-order valence-electron chi connectivity index (χ2n) is 4.05. The van der Waals surface area contributed by atoms with Gasteiger partial charge in [0.1, 0.15) is 6.61 Å². The normalized spacial score (nSPS) is 21.2. The molecule has 0 aliphatic carbocycles. The van der Waals surface area contributed by atoms with E-state index >= 15 is 0 Å². The first-order chi connectivity index (χ1) is 8.97. The summed E-state index contributed by atoms with van der Waals surface area (Å²) in [6, 6.07) is 3.48. The third-order valence-electron chi connectivity index (χ3n) is 2.56. The molecule has 0 amide bonds. The van der Waals surface area contributed by atoms with Crippen LogP contribution in [0.3, 0.4) is 0 Å². The lowest BCUT2D eigenvalue weighted by Gasteiger charge is -2.31. The summed E-state index contributed by atoms with van der Waals surface area (Å²) in [7, 11) is 0. The zero-order chi connectivity index (χ0) is 14.0. The molecule has 0 aromatic heterocycles. The van der Waals surface area contributed by atoms with Crippen molar-refractivity contribution in [2.75, 3.05) is 17.2 Å². The van der Waals surface area contributed by atoms with E-state index in [0.717, 1.165) is 4.47 Å². The quantitative estimate of drug-likeness (QED) is 0.546. The number of hydrogen-bond donors (Lipinski definition) is 5. The van der Waals surface area contributed by atoms with Crippen molar-refractivity contribution in [1.82, 2.24) is 0 Å². The van der Waals surface area contributed by atoms with E-state index in [1.165, 1.54) is 0 Å². The van der Waals surface area contributed by atoms with Crippen molar-refractivity contribution >= 4 is 33.3 Å². The van der Waals surface area contributed by atoms with Crippen molar-refractivity contribution in [2.24, 2.45) is 0 Å². The summed E-state index contributed by atoms with van der Waals surface area (Å²) in [6.07, 6.45) is -2.26. The fourth-order valence-electron chi connectivity index (χ4n) is 1.77. The molecule has 5 N–H and O–H groups in total. The number of ether oxygens (including phenoxy) is 1. The number of nitrogens with one attached hydrogen (secondary N) is 2. The highest BCUT2D eigenvalue weighted by atomic mass is 79.9. The topological polar surface area (TPSA) is 111 Å². The molecule has 0 fully saturated rings. The molecule has 1 heterocycles. The number of rotatable bonds is 4. The van der Waals surface area contributed by atoms with Gasteiger partial charge in [0.15, 0.2) is 12.5 Å². The molecule has 2 unspecified atom stereocenters. The highest BCUT2D eigenvalue weighted by molar-refractivity contribution is 9.10. The van der Waals surface area contributed by atoms with E-state index in [2.05, 4.69) is 26.6 Å². The van der Waals surface area contributed by atoms with Gasteiger partial charge in [0.2, 0.25) is 0 Å². The van der Waals surface area contributed by atoms with Gasteiger partial charge in [-0.25, -0.2) is 4.79 Å². The predicted octanol–water partition coefficient (Wildman–Crippen LogP) is 0.524. The minimum atomic E-state index is -1.15. The Morgan fingerprint density at radius 3 is 2.68 bits per heavy atom. The predicted molar refractivity (Wildman–Crippen MR) is 70.7 cm³/mol. The van der Waals surface area contributed by atoms with Crippen LogP contribution in [0.5, 0.6) is 0 Å². The van der Waals surface area contributed by atoms with E-state index in [-0.39, 0.29) is 6.61 Å². The molecule has 0 spiro atoms. The van der Waals surface area contributed by atoms with E-state index in [1.54, 1.807) is 12.1 Å². The van der Waals surface area contributed by atoms with Crippen LogP contribution in [0.25, 0.3) is 0 Å². The zero-order valence-corrected chi connectivity index (χ0v) is 11.3. The maximum absolute atomic E-state index is 10.4. The first-order valence-electron chi connectivity index (χ1n) is 5.48. The number of anilines is 2. The first-order valence-corrected chi connectivity index (χ1v) is 6.28. The van der Waals surface area contributed by atoms with E-state index < -0.39 is 25.0 Å². The third kappa shape index (κ3) is 3.35. The number of carboxylic acids is 1. The van der Waals surface area contributed by atoms with Crippen molar-refractivity contribution in [3.63, 3.8) is 0 Å². The zero-order valence-electron chi connectivity index (χ0n) is 9.76. The number of halogens is 1. The average Bonchev–Trinajstić information content (AvgIpc) is 2.31. The Hall–Kier alpha value is -1.35. The van der Waals surface area contributed by atoms with Crippen molar-refractivity contribution in [3.8, 4) is 0 Å². The molecule has 1 aliphatic heterocycles. The van der Waals surface area contributed by atoms with Crippen LogP contribution >= 0.6 is 15.9 Å². The number of carbonyl (C=O) groups is 1. The van der Waals surface area contributed by atoms with Gasteiger partial charge in [0.05, 0.1) is 18.0 Å². The van der Waals surface area contributed by atoms with Gasteiger partial charge in [-0.3, -0.25) is 0 Å². The molecule has 1 aliphatic rings. The SMILES string of the molecule is O=C(O)COCc1cc(Br)cc2c1NC(O)C(O)N2.